The quantitative estimate of drug-likeness (QED) is 0.774. The van der Waals surface area contributed by atoms with E-state index in [-0.39, 0.29) is 11.9 Å². The van der Waals surface area contributed by atoms with E-state index in [0.717, 1.165) is 29.8 Å². The molecule has 1 aliphatic rings. The molecule has 1 aromatic carbocycles. The summed E-state index contributed by atoms with van der Waals surface area (Å²) >= 11 is 0. The Labute approximate surface area is 147 Å². The van der Waals surface area contributed by atoms with Crippen LogP contribution in [0.2, 0.25) is 0 Å². The van der Waals surface area contributed by atoms with Crippen LogP contribution in [0.1, 0.15) is 31.9 Å². The molecule has 0 aliphatic heterocycles. The lowest BCUT2D eigenvalue weighted by atomic mass is 10.1. The van der Waals surface area contributed by atoms with Crippen molar-refractivity contribution in [2.24, 2.45) is 5.92 Å². The van der Waals surface area contributed by atoms with Gasteiger partial charge in [-0.05, 0) is 37.0 Å². The van der Waals surface area contributed by atoms with Crippen molar-refractivity contribution < 1.29 is 14.7 Å². The molecule has 25 heavy (non-hydrogen) atoms. The number of aromatic amines is 1. The predicted molar refractivity (Wildman–Crippen MR) is 96.1 cm³/mol. The Balaban J connectivity index is 1.58. The zero-order chi connectivity index (χ0) is 17.8. The smallest absolute Gasteiger partial charge is 0.308 e. The second-order valence-corrected chi connectivity index (χ2v) is 6.78. The molecule has 1 saturated carbocycles. The number of aromatic nitrogens is 1. The van der Waals surface area contributed by atoms with Gasteiger partial charge < -0.3 is 15.0 Å². The standard InChI is InChI=1S/C20H24N2O3/c1-14(20(24)25)13-22(17-9-10-17)19(23)12-8-16-7-11-18(21-16)15-5-3-2-4-6-15/h2-7,11,14,17,21H,8-10,12-13H2,1H3,(H,24,25). The lowest BCUT2D eigenvalue weighted by Crippen LogP contribution is -2.38. The topological polar surface area (TPSA) is 73.4 Å². The van der Waals surface area contributed by atoms with E-state index in [2.05, 4.69) is 4.98 Å². The molecule has 0 radical (unpaired) electrons. The lowest BCUT2D eigenvalue weighted by molar-refractivity contribution is -0.143. The van der Waals surface area contributed by atoms with Crippen molar-refractivity contribution in [3.05, 3.63) is 48.2 Å². The molecule has 1 amide bonds. The van der Waals surface area contributed by atoms with E-state index >= 15 is 0 Å². The molecule has 2 N–H and O–H groups in total. The van der Waals surface area contributed by atoms with Gasteiger partial charge in [0.2, 0.25) is 5.91 Å². The van der Waals surface area contributed by atoms with Crippen LogP contribution >= 0.6 is 0 Å². The van der Waals surface area contributed by atoms with E-state index in [9.17, 15) is 9.59 Å². The van der Waals surface area contributed by atoms with Crippen LogP contribution in [0.25, 0.3) is 11.3 Å². The Kier molecular flexibility index (Phi) is 5.22. The molecule has 1 atom stereocenters. The summed E-state index contributed by atoms with van der Waals surface area (Å²) in [7, 11) is 0. The number of carboxylic acid groups (broad SMARTS) is 1. The fourth-order valence-electron chi connectivity index (χ4n) is 2.97. The second kappa shape index (κ2) is 7.55. The molecule has 0 spiro atoms. The molecule has 5 heteroatoms. The van der Waals surface area contributed by atoms with E-state index in [4.69, 9.17) is 5.11 Å². The van der Waals surface area contributed by atoms with Gasteiger partial charge in [-0.1, -0.05) is 37.3 Å². The summed E-state index contributed by atoms with van der Waals surface area (Å²) in [5.41, 5.74) is 3.19. The first-order chi connectivity index (χ1) is 12.0. The Morgan fingerprint density at radius 1 is 1.20 bits per heavy atom. The van der Waals surface area contributed by atoms with Gasteiger partial charge in [0.15, 0.2) is 0 Å². The summed E-state index contributed by atoms with van der Waals surface area (Å²) < 4.78 is 0. The number of nitrogens with zero attached hydrogens (tertiary/aromatic N) is 1. The fourth-order valence-corrected chi connectivity index (χ4v) is 2.97. The van der Waals surface area contributed by atoms with Gasteiger partial charge in [-0.25, -0.2) is 0 Å². The third-order valence-electron chi connectivity index (χ3n) is 4.64. The first-order valence-electron chi connectivity index (χ1n) is 8.80. The van der Waals surface area contributed by atoms with Crippen molar-refractivity contribution in [2.45, 2.75) is 38.6 Å². The molecule has 1 fully saturated rings. The van der Waals surface area contributed by atoms with Crippen molar-refractivity contribution in [3.63, 3.8) is 0 Å². The molecule has 0 bridgehead atoms. The van der Waals surface area contributed by atoms with E-state index in [0.29, 0.717) is 19.4 Å². The van der Waals surface area contributed by atoms with Gasteiger partial charge in [0, 0.05) is 30.4 Å². The predicted octanol–water partition coefficient (Wildman–Crippen LogP) is 3.33. The number of benzene rings is 1. The van der Waals surface area contributed by atoms with E-state index in [1.807, 2.05) is 42.5 Å². The van der Waals surface area contributed by atoms with Crippen molar-refractivity contribution in [1.82, 2.24) is 9.88 Å². The minimum absolute atomic E-state index is 0.0476. The van der Waals surface area contributed by atoms with Gasteiger partial charge in [-0.3, -0.25) is 9.59 Å². The third kappa shape index (κ3) is 4.50. The van der Waals surface area contributed by atoms with Crippen LogP contribution in [0, 0.1) is 5.92 Å². The maximum Gasteiger partial charge on any atom is 0.308 e. The van der Waals surface area contributed by atoms with E-state index < -0.39 is 11.9 Å². The third-order valence-corrected chi connectivity index (χ3v) is 4.64. The van der Waals surface area contributed by atoms with Crippen molar-refractivity contribution in [2.75, 3.05) is 6.54 Å². The molecule has 1 heterocycles. The van der Waals surface area contributed by atoms with Crippen LogP contribution < -0.4 is 0 Å². The van der Waals surface area contributed by atoms with E-state index in [1.165, 1.54) is 0 Å². The van der Waals surface area contributed by atoms with Gasteiger partial charge in [-0.15, -0.1) is 0 Å². The lowest BCUT2D eigenvalue weighted by Gasteiger charge is -2.24. The zero-order valence-electron chi connectivity index (χ0n) is 14.4. The normalized spacial score (nSPS) is 14.9. The van der Waals surface area contributed by atoms with Crippen molar-refractivity contribution >= 4 is 11.9 Å². The average molecular weight is 340 g/mol. The molecule has 1 aliphatic carbocycles. The number of H-pyrrole nitrogens is 1. The number of aliphatic carboxylic acids is 1. The number of carbonyl (C=O) groups excluding carboxylic acids is 1. The van der Waals surface area contributed by atoms with Crippen molar-refractivity contribution in [3.8, 4) is 11.3 Å². The average Bonchev–Trinajstić information content (AvgIpc) is 3.35. The van der Waals surface area contributed by atoms with Gasteiger partial charge in [0.25, 0.3) is 0 Å². The van der Waals surface area contributed by atoms with Crippen LogP contribution in [0.3, 0.4) is 0 Å². The summed E-state index contributed by atoms with van der Waals surface area (Å²) in [5.74, 6) is -1.33. The maximum absolute atomic E-state index is 12.6. The molecular formula is C20H24N2O3. The number of aryl methyl sites for hydroxylation is 1. The van der Waals surface area contributed by atoms with Gasteiger partial charge in [0.05, 0.1) is 5.92 Å². The second-order valence-electron chi connectivity index (χ2n) is 6.78. The number of carboxylic acids is 1. The van der Waals surface area contributed by atoms with Gasteiger partial charge >= 0.3 is 5.97 Å². The largest absolute Gasteiger partial charge is 0.481 e. The number of nitrogens with one attached hydrogen (secondary N) is 1. The zero-order valence-corrected chi connectivity index (χ0v) is 14.4. The highest BCUT2D eigenvalue weighted by atomic mass is 16.4. The first-order valence-corrected chi connectivity index (χ1v) is 8.80. The molecule has 3 rings (SSSR count). The summed E-state index contributed by atoms with van der Waals surface area (Å²) in [6, 6.07) is 14.3. The SMILES string of the molecule is CC(CN(C(=O)CCc1ccc(-c2ccccc2)[nH]1)C1CC1)C(=O)O. The number of hydrogen-bond acceptors (Lipinski definition) is 2. The Hall–Kier alpha value is -2.56. The number of amides is 1. The molecule has 1 aromatic heterocycles. The summed E-state index contributed by atoms with van der Waals surface area (Å²) in [6.45, 7) is 1.96. The molecule has 1 unspecified atom stereocenters. The van der Waals surface area contributed by atoms with Crippen LogP contribution in [-0.2, 0) is 16.0 Å². The Bertz CT molecular complexity index is 734. The Morgan fingerprint density at radius 3 is 2.56 bits per heavy atom. The summed E-state index contributed by atoms with van der Waals surface area (Å²) in [6.07, 6.45) is 3.01. The van der Waals surface area contributed by atoms with Gasteiger partial charge in [-0.2, -0.15) is 0 Å². The van der Waals surface area contributed by atoms with Crippen LogP contribution in [0.5, 0.6) is 0 Å². The molecule has 5 nitrogen and oxygen atoms in total. The van der Waals surface area contributed by atoms with Crippen LogP contribution in [0.4, 0.5) is 0 Å². The number of rotatable bonds is 8. The number of carbonyl (C=O) groups is 2. The van der Waals surface area contributed by atoms with Gasteiger partial charge in [0.1, 0.15) is 0 Å². The fraction of sp³-hybridized carbons (Fsp3) is 0.400. The summed E-state index contributed by atoms with van der Waals surface area (Å²) in [4.78, 5) is 28.8. The molecule has 2 aromatic rings. The molecule has 132 valence electrons. The first kappa shape index (κ1) is 17.3. The van der Waals surface area contributed by atoms with Crippen LogP contribution in [0.15, 0.2) is 42.5 Å². The van der Waals surface area contributed by atoms with Crippen molar-refractivity contribution in [1.29, 1.82) is 0 Å². The Morgan fingerprint density at radius 2 is 1.92 bits per heavy atom. The highest BCUT2D eigenvalue weighted by molar-refractivity contribution is 5.78. The van der Waals surface area contributed by atoms with E-state index in [1.54, 1.807) is 11.8 Å². The highest BCUT2D eigenvalue weighted by Gasteiger charge is 2.34. The minimum atomic E-state index is -0.852. The van der Waals surface area contributed by atoms with Crippen LogP contribution in [-0.4, -0.2) is 39.5 Å². The molecular weight excluding hydrogens is 316 g/mol. The minimum Gasteiger partial charge on any atom is -0.481 e. The maximum atomic E-state index is 12.6. The highest BCUT2D eigenvalue weighted by Crippen LogP contribution is 2.28. The molecule has 0 saturated heterocycles. The number of hydrogen-bond donors (Lipinski definition) is 2. The monoisotopic (exact) mass is 340 g/mol. The summed E-state index contributed by atoms with van der Waals surface area (Å²) in [5, 5.41) is 9.09.